The number of aromatic nitrogens is 2. The predicted molar refractivity (Wildman–Crippen MR) is 78.7 cm³/mol. The van der Waals surface area contributed by atoms with E-state index in [4.69, 9.17) is 11.6 Å². The first-order valence-electron chi connectivity index (χ1n) is 5.94. The third-order valence-electron chi connectivity index (χ3n) is 2.37. The summed E-state index contributed by atoms with van der Waals surface area (Å²) in [6.07, 6.45) is 0. The van der Waals surface area contributed by atoms with Gasteiger partial charge in [-0.1, -0.05) is 11.6 Å². The lowest BCUT2D eigenvalue weighted by Gasteiger charge is -2.09. The predicted octanol–water partition coefficient (Wildman–Crippen LogP) is 2.90. The van der Waals surface area contributed by atoms with Crippen LogP contribution < -0.4 is 16.2 Å². The van der Waals surface area contributed by atoms with Gasteiger partial charge >= 0.3 is 6.03 Å². The van der Waals surface area contributed by atoms with Gasteiger partial charge < -0.3 is 5.32 Å². The lowest BCUT2D eigenvalue weighted by atomic mass is 10.3. The molecule has 0 fully saturated rings. The Morgan fingerprint density at radius 3 is 2.30 bits per heavy atom. The van der Waals surface area contributed by atoms with Crippen molar-refractivity contribution in [3.63, 3.8) is 0 Å². The summed E-state index contributed by atoms with van der Waals surface area (Å²) in [5.74, 6) is 0.341. The number of nitrogens with one attached hydrogen (secondary N) is 3. The van der Waals surface area contributed by atoms with Crippen LogP contribution in [-0.4, -0.2) is 16.0 Å². The van der Waals surface area contributed by atoms with E-state index in [0.29, 0.717) is 16.7 Å². The van der Waals surface area contributed by atoms with Gasteiger partial charge in [0.2, 0.25) is 5.95 Å². The van der Waals surface area contributed by atoms with E-state index in [2.05, 4.69) is 26.1 Å². The van der Waals surface area contributed by atoms with Crippen LogP contribution >= 0.6 is 11.6 Å². The summed E-state index contributed by atoms with van der Waals surface area (Å²) in [4.78, 5) is 20.0. The van der Waals surface area contributed by atoms with Crippen LogP contribution in [0, 0.1) is 13.8 Å². The Kier molecular flexibility index (Phi) is 4.37. The summed E-state index contributed by atoms with van der Waals surface area (Å²) in [5.41, 5.74) is 7.38. The highest BCUT2D eigenvalue weighted by atomic mass is 35.5. The number of rotatable bonds is 3. The number of hydrogen-bond acceptors (Lipinski definition) is 4. The Morgan fingerprint density at radius 2 is 1.70 bits per heavy atom. The SMILES string of the molecule is Cc1cc(C)nc(NNC(=O)Nc2ccc(Cl)cc2)n1. The molecular weight excluding hydrogens is 278 g/mol. The van der Waals surface area contributed by atoms with Gasteiger partial charge in [-0.2, -0.15) is 0 Å². The molecule has 1 aromatic carbocycles. The zero-order valence-corrected chi connectivity index (χ0v) is 11.8. The van der Waals surface area contributed by atoms with Crippen LogP contribution in [0.3, 0.4) is 0 Å². The smallest absolute Gasteiger partial charge is 0.307 e. The van der Waals surface area contributed by atoms with Crippen molar-refractivity contribution in [3.8, 4) is 0 Å². The average Bonchev–Trinajstić information content (AvgIpc) is 2.38. The Bertz CT molecular complexity index is 594. The number of carbonyl (C=O) groups excluding carboxylic acids is 1. The number of carbonyl (C=O) groups is 1. The lowest BCUT2D eigenvalue weighted by Crippen LogP contribution is -2.34. The number of urea groups is 1. The van der Waals surface area contributed by atoms with Gasteiger partial charge in [-0.05, 0) is 44.2 Å². The Morgan fingerprint density at radius 1 is 1.10 bits per heavy atom. The quantitative estimate of drug-likeness (QED) is 0.760. The number of halogens is 1. The molecule has 0 spiro atoms. The molecule has 0 unspecified atom stereocenters. The van der Waals surface area contributed by atoms with Crippen LogP contribution in [0.1, 0.15) is 11.4 Å². The van der Waals surface area contributed by atoms with Crippen LogP contribution in [0.15, 0.2) is 30.3 Å². The number of anilines is 2. The van der Waals surface area contributed by atoms with Crippen molar-refractivity contribution in [2.45, 2.75) is 13.8 Å². The van der Waals surface area contributed by atoms with Gasteiger partial charge in [0.25, 0.3) is 0 Å². The fourth-order valence-corrected chi connectivity index (χ4v) is 1.72. The van der Waals surface area contributed by atoms with Crippen LogP contribution in [0.25, 0.3) is 0 Å². The summed E-state index contributed by atoms with van der Waals surface area (Å²) in [7, 11) is 0. The highest BCUT2D eigenvalue weighted by molar-refractivity contribution is 6.30. The van der Waals surface area contributed by atoms with E-state index >= 15 is 0 Å². The molecule has 2 amide bonds. The van der Waals surface area contributed by atoms with Gasteiger partial charge in [0, 0.05) is 22.1 Å². The molecule has 20 heavy (non-hydrogen) atoms. The fraction of sp³-hybridized carbons (Fsp3) is 0.154. The van der Waals surface area contributed by atoms with Crippen LogP contribution in [0.4, 0.5) is 16.4 Å². The topological polar surface area (TPSA) is 78.9 Å². The zero-order chi connectivity index (χ0) is 14.5. The van der Waals surface area contributed by atoms with Gasteiger partial charge in [-0.3, -0.25) is 5.43 Å². The van der Waals surface area contributed by atoms with Crippen molar-refractivity contribution >= 4 is 29.3 Å². The summed E-state index contributed by atoms with van der Waals surface area (Å²) >= 11 is 5.76. The molecule has 2 aromatic rings. The number of benzene rings is 1. The van der Waals surface area contributed by atoms with E-state index in [-0.39, 0.29) is 0 Å². The van der Waals surface area contributed by atoms with Crippen molar-refractivity contribution in [2.75, 3.05) is 10.7 Å². The Labute approximate surface area is 121 Å². The van der Waals surface area contributed by atoms with E-state index in [1.54, 1.807) is 24.3 Å². The van der Waals surface area contributed by atoms with Crippen LogP contribution in [0.2, 0.25) is 5.02 Å². The molecule has 6 nitrogen and oxygen atoms in total. The van der Waals surface area contributed by atoms with E-state index in [0.717, 1.165) is 11.4 Å². The van der Waals surface area contributed by atoms with E-state index < -0.39 is 6.03 Å². The lowest BCUT2D eigenvalue weighted by molar-refractivity contribution is 0.253. The molecule has 0 saturated heterocycles. The first-order valence-corrected chi connectivity index (χ1v) is 6.31. The summed E-state index contributed by atoms with van der Waals surface area (Å²) in [6, 6.07) is 8.22. The molecule has 0 atom stereocenters. The molecule has 104 valence electrons. The number of hydrazine groups is 1. The summed E-state index contributed by atoms with van der Waals surface area (Å²) in [5, 5.41) is 3.25. The van der Waals surface area contributed by atoms with E-state index in [1.807, 2.05) is 19.9 Å². The molecule has 7 heteroatoms. The van der Waals surface area contributed by atoms with Crippen molar-refractivity contribution in [2.24, 2.45) is 0 Å². The van der Waals surface area contributed by atoms with Gasteiger partial charge in [-0.25, -0.2) is 20.2 Å². The second kappa shape index (κ2) is 6.21. The molecule has 1 aromatic heterocycles. The average molecular weight is 292 g/mol. The van der Waals surface area contributed by atoms with Crippen molar-refractivity contribution < 1.29 is 4.79 Å². The molecule has 3 N–H and O–H groups in total. The molecule has 0 bridgehead atoms. The third-order valence-corrected chi connectivity index (χ3v) is 2.62. The minimum Gasteiger partial charge on any atom is -0.307 e. The molecule has 1 heterocycles. The summed E-state index contributed by atoms with van der Waals surface area (Å²) < 4.78 is 0. The summed E-state index contributed by atoms with van der Waals surface area (Å²) in [6.45, 7) is 3.71. The normalized spacial score (nSPS) is 9.95. The molecule has 0 aliphatic carbocycles. The second-order valence-corrected chi connectivity index (χ2v) is 4.62. The number of hydrogen-bond donors (Lipinski definition) is 3. The van der Waals surface area contributed by atoms with E-state index in [1.165, 1.54) is 0 Å². The Hall–Kier alpha value is -2.34. The van der Waals surface area contributed by atoms with Gasteiger partial charge in [0.05, 0.1) is 0 Å². The maximum Gasteiger partial charge on any atom is 0.337 e. The minimum absolute atomic E-state index is 0.341. The number of aryl methyl sites for hydroxylation is 2. The molecule has 0 saturated carbocycles. The van der Waals surface area contributed by atoms with Crippen LogP contribution in [-0.2, 0) is 0 Å². The largest absolute Gasteiger partial charge is 0.337 e. The number of nitrogens with zero attached hydrogens (tertiary/aromatic N) is 2. The fourth-order valence-electron chi connectivity index (χ4n) is 1.59. The third kappa shape index (κ3) is 4.10. The molecule has 0 aliphatic rings. The van der Waals surface area contributed by atoms with Gasteiger partial charge in [-0.15, -0.1) is 0 Å². The maximum atomic E-state index is 11.7. The highest BCUT2D eigenvalue weighted by Crippen LogP contribution is 2.13. The number of amides is 2. The first-order chi connectivity index (χ1) is 9.52. The van der Waals surface area contributed by atoms with Gasteiger partial charge in [0.1, 0.15) is 0 Å². The zero-order valence-electron chi connectivity index (χ0n) is 11.1. The molecule has 2 rings (SSSR count). The van der Waals surface area contributed by atoms with Crippen molar-refractivity contribution in [1.29, 1.82) is 0 Å². The van der Waals surface area contributed by atoms with Crippen LogP contribution in [0.5, 0.6) is 0 Å². The van der Waals surface area contributed by atoms with E-state index in [9.17, 15) is 4.79 Å². The first kappa shape index (κ1) is 14.1. The minimum atomic E-state index is -0.421. The second-order valence-electron chi connectivity index (χ2n) is 4.19. The molecule has 0 aliphatic heterocycles. The van der Waals surface area contributed by atoms with Gasteiger partial charge in [0.15, 0.2) is 0 Å². The maximum absolute atomic E-state index is 11.7. The molecule has 0 radical (unpaired) electrons. The Balaban J connectivity index is 1.90. The monoisotopic (exact) mass is 291 g/mol. The standard InChI is InChI=1S/C13H14ClN5O/c1-8-7-9(2)16-12(15-8)18-19-13(20)17-11-5-3-10(14)4-6-11/h3-7H,1-2H3,(H,15,16,18)(H2,17,19,20). The van der Waals surface area contributed by atoms with Crippen molar-refractivity contribution in [3.05, 3.63) is 46.7 Å². The molecular formula is C13H14ClN5O. The van der Waals surface area contributed by atoms with Crippen molar-refractivity contribution in [1.82, 2.24) is 15.4 Å². The highest BCUT2D eigenvalue weighted by Gasteiger charge is 2.03.